The van der Waals surface area contributed by atoms with E-state index in [1.165, 1.54) is 0 Å². The lowest BCUT2D eigenvalue weighted by molar-refractivity contribution is -0.147. The largest absolute Gasteiger partial charge is 0.497 e. The molecule has 0 aliphatic carbocycles. The van der Waals surface area contributed by atoms with Crippen molar-refractivity contribution in [2.24, 2.45) is 5.92 Å². The van der Waals surface area contributed by atoms with Gasteiger partial charge in [-0.3, -0.25) is 4.79 Å². The summed E-state index contributed by atoms with van der Waals surface area (Å²) in [6, 6.07) is 12.2. The molecule has 0 radical (unpaired) electrons. The Kier molecular flexibility index (Phi) is 4.61. The Morgan fingerprint density at radius 1 is 1.15 bits per heavy atom. The van der Waals surface area contributed by atoms with Crippen molar-refractivity contribution in [3.05, 3.63) is 42.0 Å². The molecule has 1 unspecified atom stereocenters. The number of esters is 1. The number of carbonyl (C=O) groups is 1. The van der Waals surface area contributed by atoms with Crippen LogP contribution in [0.15, 0.2) is 36.4 Å². The highest BCUT2D eigenvalue weighted by Gasteiger charge is 2.14. The Morgan fingerprint density at radius 2 is 1.85 bits per heavy atom. The molecule has 20 heavy (non-hydrogen) atoms. The van der Waals surface area contributed by atoms with Crippen molar-refractivity contribution in [3.8, 4) is 5.75 Å². The molecule has 0 N–H and O–H groups in total. The van der Waals surface area contributed by atoms with E-state index in [0.29, 0.717) is 13.0 Å². The normalized spacial score (nSPS) is 12.2. The Labute approximate surface area is 119 Å². The predicted octanol–water partition coefficient (Wildman–Crippen LogP) is 3.59. The molecule has 2 aromatic carbocycles. The van der Waals surface area contributed by atoms with Gasteiger partial charge in [-0.1, -0.05) is 31.2 Å². The fourth-order valence-electron chi connectivity index (χ4n) is 2.25. The summed E-state index contributed by atoms with van der Waals surface area (Å²) in [4.78, 5) is 11.7. The summed E-state index contributed by atoms with van der Waals surface area (Å²) in [6.45, 7) is 4.16. The second-order valence-electron chi connectivity index (χ2n) is 4.90. The first-order valence-corrected chi connectivity index (χ1v) is 6.87. The van der Waals surface area contributed by atoms with Gasteiger partial charge in [0.15, 0.2) is 0 Å². The lowest BCUT2D eigenvalue weighted by atomic mass is 9.98. The fourth-order valence-corrected chi connectivity index (χ4v) is 2.25. The van der Waals surface area contributed by atoms with E-state index >= 15 is 0 Å². The smallest absolute Gasteiger partial charge is 0.308 e. The molecule has 0 amide bonds. The lowest BCUT2D eigenvalue weighted by Crippen LogP contribution is -2.16. The zero-order valence-electron chi connectivity index (χ0n) is 12.2. The third-order valence-corrected chi connectivity index (χ3v) is 3.34. The van der Waals surface area contributed by atoms with E-state index in [4.69, 9.17) is 9.47 Å². The second-order valence-corrected chi connectivity index (χ2v) is 4.90. The molecule has 106 valence electrons. The molecular formula is C17H20O3. The van der Waals surface area contributed by atoms with E-state index in [1.54, 1.807) is 7.11 Å². The van der Waals surface area contributed by atoms with Gasteiger partial charge in [-0.15, -0.1) is 0 Å². The number of hydrogen-bond acceptors (Lipinski definition) is 3. The summed E-state index contributed by atoms with van der Waals surface area (Å²) in [7, 11) is 1.66. The highest BCUT2D eigenvalue weighted by Crippen LogP contribution is 2.23. The number of rotatable bonds is 5. The van der Waals surface area contributed by atoms with Crippen LogP contribution in [0.3, 0.4) is 0 Å². The lowest BCUT2D eigenvalue weighted by Gasteiger charge is -2.11. The topological polar surface area (TPSA) is 35.5 Å². The van der Waals surface area contributed by atoms with E-state index < -0.39 is 0 Å². The van der Waals surface area contributed by atoms with Crippen LogP contribution in [-0.4, -0.2) is 19.7 Å². The summed E-state index contributed by atoms with van der Waals surface area (Å²) in [5.41, 5.74) is 1.14. The highest BCUT2D eigenvalue weighted by atomic mass is 16.5. The Balaban J connectivity index is 2.17. The SMILES string of the molecule is CCOC(=O)C(C)Cc1ccc2cc(OC)ccc2c1. The monoisotopic (exact) mass is 272 g/mol. The third-order valence-electron chi connectivity index (χ3n) is 3.34. The Morgan fingerprint density at radius 3 is 2.55 bits per heavy atom. The van der Waals surface area contributed by atoms with Crippen molar-refractivity contribution in [1.29, 1.82) is 0 Å². The zero-order valence-corrected chi connectivity index (χ0v) is 12.2. The fraction of sp³-hybridized carbons (Fsp3) is 0.353. The third kappa shape index (κ3) is 3.29. The van der Waals surface area contributed by atoms with Crippen molar-refractivity contribution in [1.82, 2.24) is 0 Å². The van der Waals surface area contributed by atoms with Crippen LogP contribution in [0.5, 0.6) is 5.75 Å². The Bertz CT molecular complexity index is 604. The van der Waals surface area contributed by atoms with Crippen LogP contribution in [0.25, 0.3) is 10.8 Å². The summed E-state index contributed by atoms with van der Waals surface area (Å²) >= 11 is 0. The minimum absolute atomic E-state index is 0.120. The first kappa shape index (κ1) is 14.4. The van der Waals surface area contributed by atoms with Crippen molar-refractivity contribution in [2.45, 2.75) is 20.3 Å². The molecule has 2 rings (SSSR count). The molecule has 0 spiro atoms. The summed E-state index contributed by atoms with van der Waals surface area (Å²) < 4.78 is 10.3. The molecule has 0 fully saturated rings. The number of ether oxygens (including phenoxy) is 2. The Hall–Kier alpha value is -2.03. The van der Waals surface area contributed by atoms with Gasteiger partial charge in [-0.05, 0) is 41.8 Å². The van der Waals surface area contributed by atoms with Gasteiger partial charge in [0.2, 0.25) is 0 Å². The van der Waals surface area contributed by atoms with Crippen LogP contribution < -0.4 is 4.74 Å². The van der Waals surface area contributed by atoms with Gasteiger partial charge in [0.05, 0.1) is 19.6 Å². The molecule has 0 aromatic heterocycles. The highest BCUT2D eigenvalue weighted by molar-refractivity contribution is 5.84. The minimum Gasteiger partial charge on any atom is -0.497 e. The van der Waals surface area contributed by atoms with Gasteiger partial charge >= 0.3 is 5.97 Å². The van der Waals surface area contributed by atoms with Crippen molar-refractivity contribution >= 4 is 16.7 Å². The van der Waals surface area contributed by atoms with E-state index in [-0.39, 0.29) is 11.9 Å². The number of fused-ring (bicyclic) bond motifs is 1. The number of methoxy groups -OCH3 is 1. The van der Waals surface area contributed by atoms with Gasteiger partial charge in [-0.2, -0.15) is 0 Å². The quantitative estimate of drug-likeness (QED) is 0.780. The molecule has 3 heteroatoms. The van der Waals surface area contributed by atoms with Crippen LogP contribution in [0.1, 0.15) is 19.4 Å². The average molecular weight is 272 g/mol. The van der Waals surface area contributed by atoms with Gasteiger partial charge < -0.3 is 9.47 Å². The molecule has 0 bridgehead atoms. The molecule has 0 heterocycles. The standard InChI is InChI=1S/C17H20O3/c1-4-20-17(18)12(2)9-13-5-6-15-11-16(19-3)8-7-14(15)10-13/h5-8,10-12H,4,9H2,1-3H3. The minimum atomic E-state index is -0.137. The van der Waals surface area contributed by atoms with Crippen molar-refractivity contribution in [3.63, 3.8) is 0 Å². The van der Waals surface area contributed by atoms with E-state index in [2.05, 4.69) is 18.2 Å². The number of carbonyl (C=O) groups excluding carboxylic acids is 1. The van der Waals surface area contributed by atoms with E-state index in [1.807, 2.05) is 32.0 Å². The van der Waals surface area contributed by atoms with E-state index in [0.717, 1.165) is 22.1 Å². The van der Waals surface area contributed by atoms with Gasteiger partial charge in [0, 0.05) is 0 Å². The molecule has 3 nitrogen and oxygen atoms in total. The summed E-state index contributed by atoms with van der Waals surface area (Å²) in [5, 5.41) is 2.29. The molecule has 1 atom stereocenters. The first-order chi connectivity index (χ1) is 9.63. The molecule has 2 aromatic rings. The van der Waals surface area contributed by atoms with Crippen LogP contribution in [0, 0.1) is 5.92 Å². The molecule has 0 saturated heterocycles. The maximum atomic E-state index is 11.7. The van der Waals surface area contributed by atoms with Crippen molar-refractivity contribution < 1.29 is 14.3 Å². The maximum Gasteiger partial charge on any atom is 0.308 e. The maximum absolute atomic E-state index is 11.7. The van der Waals surface area contributed by atoms with Crippen LogP contribution in [-0.2, 0) is 16.0 Å². The average Bonchev–Trinajstić information content (AvgIpc) is 2.46. The predicted molar refractivity (Wildman–Crippen MR) is 80.0 cm³/mol. The second kappa shape index (κ2) is 6.42. The number of benzene rings is 2. The molecule has 0 aliphatic rings. The summed E-state index contributed by atoms with van der Waals surface area (Å²) in [5.74, 6) is 0.595. The summed E-state index contributed by atoms with van der Waals surface area (Å²) in [6.07, 6.45) is 0.695. The van der Waals surface area contributed by atoms with Gasteiger partial charge in [-0.25, -0.2) is 0 Å². The van der Waals surface area contributed by atoms with Crippen LogP contribution in [0.4, 0.5) is 0 Å². The number of hydrogen-bond donors (Lipinski definition) is 0. The molecule has 0 aliphatic heterocycles. The van der Waals surface area contributed by atoms with Crippen molar-refractivity contribution in [2.75, 3.05) is 13.7 Å². The zero-order chi connectivity index (χ0) is 14.5. The molecule has 0 saturated carbocycles. The molecular weight excluding hydrogens is 252 g/mol. The van der Waals surface area contributed by atoms with E-state index in [9.17, 15) is 4.79 Å². The van der Waals surface area contributed by atoms with Crippen LogP contribution >= 0.6 is 0 Å². The first-order valence-electron chi connectivity index (χ1n) is 6.87. The van der Waals surface area contributed by atoms with Gasteiger partial charge in [0.1, 0.15) is 5.75 Å². The van der Waals surface area contributed by atoms with Gasteiger partial charge in [0.25, 0.3) is 0 Å². The van der Waals surface area contributed by atoms with Crippen LogP contribution in [0.2, 0.25) is 0 Å².